The fraction of sp³-hybridized carbons (Fsp3) is 0. The monoisotopic (exact) mass is 264 g/mol. The topological polar surface area (TPSA) is 0 Å². The van der Waals surface area contributed by atoms with Crippen LogP contribution >= 0.6 is 22.6 Å². The van der Waals surface area contributed by atoms with Gasteiger partial charge in [-0.05, 0) is 22.1 Å². The number of hydrogen-bond donors (Lipinski definition) is 0. The lowest BCUT2D eigenvalue weighted by Gasteiger charge is -1.91. The van der Waals surface area contributed by atoms with Crippen LogP contribution in [0.15, 0.2) is 18.2 Å². The highest BCUT2D eigenvalue weighted by atomic mass is 127. The molecule has 11 heavy (non-hydrogen) atoms. The first kappa shape index (κ1) is 8.47. The summed E-state index contributed by atoms with van der Waals surface area (Å²) in [5.74, 6) is 0.902. The molecule has 1 aromatic carbocycles. The Hall–Kier alpha value is -0.630. The molecular weight excluding hydrogens is 261 g/mol. The Kier molecular flexibility index (Phi) is 2.83. The van der Waals surface area contributed by atoms with Crippen LogP contribution in [0.5, 0.6) is 0 Å². The van der Waals surface area contributed by atoms with Gasteiger partial charge in [0.05, 0.1) is 0 Å². The summed E-state index contributed by atoms with van der Waals surface area (Å²) in [6.45, 7) is 0. The van der Waals surface area contributed by atoms with E-state index in [4.69, 9.17) is 0 Å². The van der Waals surface area contributed by atoms with Crippen LogP contribution in [0.2, 0.25) is 0 Å². The van der Waals surface area contributed by atoms with Crippen molar-refractivity contribution in [2.24, 2.45) is 0 Å². The van der Waals surface area contributed by atoms with Crippen LogP contribution in [0.1, 0.15) is 5.56 Å². The Bertz CT molecular complexity index is 323. The molecule has 0 heterocycles. The molecule has 3 heteroatoms. The van der Waals surface area contributed by atoms with Crippen molar-refractivity contribution in [1.82, 2.24) is 0 Å². The largest absolute Gasteiger partial charge is 0.204 e. The molecule has 1 aromatic rings. The van der Waals surface area contributed by atoms with Crippen molar-refractivity contribution in [1.29, 1.82) is 0 Å². The van der Waals surface area contributed by atoms with Gasteiger partial charge >= 0.3 is 0 Å². The fourth-order valence-electron chi connectivity index (χ4n) is 0.628. The van der Waals surface area contributed by atoms with Crippen LogP contribution < -0.4 is 0 Å². The van der Waals surface area contributed by atoms with E-state index in [1.807, 2.05) is 22.6 Å². The Morgan fingerprint density at radius 3 is 2.45 bits per heavy atom. The zero-order valence-corrected chi connectivity index (χ0v) is 7.52. The average molecular weight is 264 g/mol. The molecule has 0 saturated carbocycles. The van der Waals surface area contributed by atoms with Crippen LogP contribution in [0.4, 0.5) is 8.78 Å². The summed E-state index contributed by atoms with van der Waals surface area (Å²) >= 11 is 1.83. The second-order valence-electron chi connectivity index (χ2n) is 1.85. The molecule has 0 aliphatic heterocycles. The SMILES string of the molecule is Fc1ccc(C#CI)cc1F. The molecule has 0 nitrogen and oxygen atoms in total. The van der Waals surface area contributed by atoms with Crippen molar-refractivity contribution >= 4 is 22.6 Å². The van der Waals surface area contributed by atoms with Crippen LogP contribution in [0, 0.1) is 21.5 Å². The summed E-state index contributed by atoms with van der Waals surface area (Å²) < 4.78 is 27.3. The molecule has 0 aliphatic carbocycles. The fourth-order valence-corrected chi connectivity index (χ4v) is 0.940. The van der Waals surface area contributed by atoms with Gasteiger partial charge in [0.2, 0.25) is 0 Å². The van der Waals surface area contributed by atoms with Gasteiger partial charge in [-0.2, -0.15) is 0 Å². The lowest BCUT2D eigenvalue weighted by atomic mass is 10.2. The quantitative estimate of drug-likeness (QED) is 0.499. The van der Waals surface area contributed by atoms with Crippen molar-refractivity contribution in [2.75, 3.05) is 0 Å². The number of rotatable bonds is 0. The van der Waals surface area contributed by atoms with Gasteiger partial charge in [-0.1, -0.05) is 5.92 Å². The van der Waals surface area contributed by atoms with E-state index >= 15 is 0 Å². The van der Waals surface area contributed by atoms with E-state index < -0.39 is 11.6 Å². The lowest BCUT2D eigenvalue weighted by Crippen LogP contribution is -1.83. The normalized spacial score (nSPS) is 8.64. The van der Waals surface area contributed by atoms with E-state index in [9.17, 15) is 8.78 Å². The molecule has 0 unspecified atom stereocenters. The summed E-state index contributed by atoms with van der Waals surface area (Å²) in [6.07, 6.45) is 0. The zero-order chi connectivity index (χ0) is 8.27. The molecule has 1 rings (SSSR count). The Morgan fingerprint density at radius 2 is 1.91 bits per heavy atom. The second kappa shape index (κ2) is 3.67. The van der Waals surface area contributed by atoms with Gasteiger partial charge < -0.3 is 0 Å². The maximum absolute atomic E-state index is 12.5. The van der Waals surface area contributed by atoms with Crippen molar-refractivity contribution in [3.63, 3.8) is 0 Å². The third-order valence-electron chi connectivity index (χ3n) is 1.11. The number of hydrogen-bond acceptors (Lipinski definition) is 0. The molecule has 0 N–H and O–H groups in total. The van der Waals surface area contributed by atoms with Crippen LogP contribution in [0.25, 0.3) is 0 Å². The van der Waals surface area contributed by atoms with Crippen LogP contribution in [-0.4, -0.2) is 0 Å². The molecule has 56 valence electrons. The summed E-state index contributed by atoms with van der Waals surface area (Å²) in [6, 6.07) is 3.57. The molecule has 0 saturated heterocycles. The van der Waals surface area contributed by atoms with E-state index in [2.05, 4.69) is 9.85 Å². The van der Waals surface area contributed by atoms with Gasteiger partial charge in [0.1, 0.15) is 0 Å². The molecular formula is C8H3F2I. The summed E-state index contributed by atoms with van der Waals surface area (Å²) in [4.78, 5) is 0. The summed E-state index contributed by atoms with van der Waals surface area (Å²) in [7, 11) is 0. The Labute approximate surface area is 76.8 Å². The van der Waals surface area contributed by atoms with E-state index in [-0.39, 0.29) is 0 Å². The molecule has 0 aliphatic rings. The molecule has 0 bridgehead atoms. The average Bonchev–Trinajstić information content (AvgIpc) is 1.98. The lowest BCUT2D eigenvalue weighted by molar-refractivity contribution is 0.508. The van der Waals surface area contributed by atoms with Gasteiger partial charge in [-0.15, -0.1) is 0 Å². The molecule has 0 aromatic heterocycles. The molecule has 0 fully saturated rings. The maximum Gasteiger partial charge on any atom is 0.160 e. The zero-order valence-electron chi connectivity index (χ0n) is 5.37. The van der Waals surface area contributed by atoms with E-state index in [0.717, 1.165) is 12.1 Å². The smallest absolute Gasteiger partial charge is 0.160 e. The van der Waals surface area contributed by atoms with E-state index in [1.165, 1.54) is 6.07 Å². The van der Waals surface area contributed by atoms with Gasteiger partial charge in [-0.3, -0.25) is 0 Å². The molecule has 0 amide bonds. The molecule has 0 spiro atoms. The minimum absolute atomic E-state index is 0.485. The van der Waals surface area contributed by atoms with Crippen molar-refractivity contribution in [2.45, 2.75) is 0 Å². The first-order valence-electron chi connectivity index (χ1n) is 2.80. The third kappa shape index (κ3) is 2.15. The predicted octanol–water partition coefficient (Wildman–Crippen LogP) is 2.71. The number of benzene rings is 1. The maximum atomic E-state index is 12.5. The highest BCUT2D eigenvalue weighted by Gasteiger charge is 1.99. The van der Waals surface area contributed by atoms with Crippen LogP contribution in [0.3, 0.4) is 0 Å². The second-order valence-corrected chi connectivity index (χ2v) is 2.39. The Morgan fingerprint density at radius 1 is 1.18 bits per heavy atom. The van der Waals surface area contributed by atoms with Gasteiger partial charge in [-0.25, -0.2) is 8.78 Å². The highest BCUT2D eigenvalue weighted by molar-refractivity contribution is 14.1. The molecule has 0 atom stereocenters. The third-order valence-corrected chi connectivity index (χ3v) is 1.38. The minimum Gasteiger partial charge on any atom is -0.204 e. The van der Waals surface area contributed by atoms with Crippen molar-refractivity contribution in [3.05, 3.63) is 35.4 Å². The standard InChI is InChI=1S/C8H3F2I/c9-7-2-1-6(3-4-11)5-8(7)10/h1-2,5H. The van der Waals surface area contributed by atoms with E-state index in [0.29, 0.717) is 5.56 Å². The van der Waals surface area contributed by atoms with Crippen molar-refractivity contribution in [3.8, 4) is 9.85 Å². The van der Waals surface area contributed by atoms with Crippen LogP contribution in [-0.2, 0) is 0 Å². The van der Waals surface area contributed by atoms with Gasteiger partial charge in [0.25, 0.3) is 0 Å². The minimum atomic E-state index is -0.860. The van der Waals surface area contributed by atoms with Gasteiger partial charge in [0, 0.05) is 28.2 Å². The first-order chi connectivity index (χ1) is 5.24. The van der Waals surface area contributed by atoms with Crippen molar-refractivity contribution < 1.29 is 8.78 Å². The molecule has 0 radical (unpaired) electrons. The first-order valence-corrected chi connectivity index (χ1v) is 3.88. The Balaban J connectivity index is 3.12. The van der Waals surface area contributed by atoms with Gasteiger partial charge in [0.15, 0.2) is 11.6 Å². The number of halogens is 3. The summed E-state index contributed by atoms with van der Waals surface area (Å²) in [5, 5.41) is 0. The predicted molar refractivity (Wildman–Crippen MR) is 47.3 cm³/mol. The highest BCUT2D eigenvalue weighted by Crippen LogP contribution is 2.07. The summed E-state index contributed by atoms with van der Waals surface area (Å²) in [5.41, 5.74) is 0.485. The van der Waals surface area contributed by atoms with E-state index in [1.54, 1.807) is 0 Å².